The smallest absolute Gasteiger partial charge is 0.402 e. The molecule has 4 heterocycles. The quantitative estimate of drug-likeness (QED) is 0.0245. The number of fused-ring (bicyclic) bond motifs is 5. The molecule has 0 spiro atoms. The molecule has 7 N–H and O–H groups in total. The highest BCUT2D eigenvalue weighted by atomic mass is 19.1. The number of aromatic nitrogens is 2. The molecule has 2 aliphatic heterocycles. The molecule has 1 unspecified atom stereocenters. The Morgan fingerprint density at radius 1 is 0.769 bits per heavy atom. The molecule has 0 bridgehead atoms. The molecular weight excluding hydrogens is 1020 g/mol. The number of aliphatic carboxylic acids is 2. The van der Waals surface area contributed by atoms with Crippen molar-refractivity contribution in [2.75, 3.05) is 105 Å². The van der Waals surface area contributed by atoms with Crippen LogP contribution in [0.2, 0.25) is 0 Å². The second-order valence-electron chi connectivity index (χ2n) is 18.9. The highest BCUT2D eigenvalue weighted by Crippen LogP contribution is 2.42. The van der Waals surface area contributed by atoms with Crippen LogP contribution in [0, 0.1) is 18.2 Å². The second kappa shape index (κ2) is 34.2. The van der Waals surface area contributed by atoms with Crippen molar-refractivity contribution < 1.29 is 81.9 Å². The number of aliphatic hydroxyl groups excluding tert-OH is 1. The standard InChI is InChI=1S/C30H54N2O11.C22H17FN2O4.C2H6.CH3NO2/c1-30(9-5-3-2-4-6-10-30)29(37)31-11-17-40-23-26-43-20-14-32(12-18-41-24-21-38-15-7-27(33)34)13-19-42-25-22-39-16-8-28(35)36;1-9-10-3-2-4-11-13-7-25-17(19(13)24-16(18(10)11)6-15(9)23)5-12-14(21(25)27)8-29-22(28)20(12)26;1-2;2-1(3)4/h2-3H,4-26H2,1H3,(H,31,37)(H,33,34)(H,35,36);5-6,20,26H,2-4,7-8H2,1H3;1-2H3;2H2,(H,3,4)/b3-2+;;;/t30-;;;/m1.../s1. The third kappa shape index (κ3) is 20.1. The molecule has 0 saturated carbocycles. The number of aryl methyl sites for hydroxylation is 2. The SMILES string of the molecule is CC.C[C@@]1(C(=O)NCCOCCOCCN(CCOCCOCCC(=O)O)CCOCCOCCC(=O)O)CC/C=C/CCC1.Cc1c(F)cc2nc3c(c4c2c1CCC4)Cn1c-3cc2c(c1=O)COC(=O)C2O.NC(=O)O. The topological polar surface area (TPSA) is 307 Å². The number of carbonyl (C=O) groups is 5. The maximum absolute atomic E-state index is 14.5. The number of hydrogen-bond donors (Lipinski definition) is 6. The molecule has 0 fully saturated rings. The van der Waals surface area contributed by atoms with Gasteiger partial charge in [0, 0.05) is 54.2 Å². The van der Waals surface area contributed by atoms with Gasteiger partial charge in [-0.25, -0.2) is 19.0 Å². The number of esters is 1. The lowest BCUT2D eigenvalue weighted by molar-refractivity contribution is -0.157. The lowest BCUT2D eigenvalue weighted by atomic mass is 9.78. The van der Waals surface area contributed by atoms with Crippen molar-refractivity contribution in [3.05, 3.63) is 73.8 Å². The van der Waals surface area contributed by atoms with E-state index in [1.54, 1.807) is 17.6 Å². The number of pyridine rings is 2. The van der Waals surface area contributed by atoms with Crippen molar-refractivity contribution in [2.24, 2.45) is 11.1 Å². The van der Waals surface area contributed by atoms with Crippen LogP contribution in [0.3, 0.4) is 0 Å². The summed E-state index contributed by atoms with van der Waals surface area (Å²) in [6, 6.07) is 3.13. The van der Waals surface area contributed by atoms with Crippen LogP contribution in [-0.4, -0.2) is 170 Å². The Labute approximate surface area is 454 Å². The van der Waals surface area contributed by atoms with Gasteiger partial charge in [-0.3, -0.25) is 24.1 Å². The molecule has 4 aliphatic rings. The van der Waals surface area contributed by atoms with E-state index in [1.807, 2.05) is 13.8 Å². The predicted octanol–water partition coefficient (Wildman–Crippen LogP) is 5.08. The van der Waals surface area contributed by atoms with Gasteiger partial charge in [0.2, 0.25) is 5.91 Å². The number of rotatable bonds is 28. The van der Waals surface area contributed by atoms with E-state index in [4.69, 9.17) is 58.3 Å². The van der Waals surface area contributed by atoms with Gasteiger partial charge in [-0.15, -0.1) is 0 Å². The Morgan fingerprint density at radius 2 is 1.31 bits per heavy atom. The van der Waals surface area contributed by atoms with Crippen LogP contribution in [0.15, 0.2) is 29.1 Å². The van der Waals surface area contributed by atoms with Gasteiger partial charge in [0.05, 0.1) is 121 Å². The first-order chi connectivity index (χ1) is 37.5. The number of amides is 2. The molecule has 2 aliphatic carbocycles. The Morgan fingerprint density at radius 3 is 1.88 bits per heavy atom. The number of carbonyl (C=O) groups excluding carboxylic acids is 2. The van der Waals surface area contributed by atoms with E-state index in [1.165, 1.54) is 6.07 Å². The van der Waals surface area contributed by atoms with Crippen molar-refractivity contribution in [1.82, 2.24) is 19.8 Å². The van der Waals surface area contributed by atoms with E-state index >= 15 is 0 Å². The van der Waals surface area contributed by atoms with Gasteiger partial charge in [-0.05, 0) is 81.0 Å². The summed E-state index contributed by atoms with van der Waals surface area (Å²) in [5, 5.41) is 38.7. The summed E-state index contributed by atoms with van der Waals surface area (Å²) in [5.74, 6) is -2.71. The first kappa shape index (κ1) is 64.6. The number of benzene rings is 1. The first-order valence-electron chi connectivity index (χ1n) is 26.8. The molecule has 1 aromatic carbocycles. The summed E-state index contributed by atoms with van der Waals surface area (Å²) in [7, 11) is 0. The number of nitrogens with two attached hydrogens (primary N) is 1. The van der Waals surface area contributed by atoms with Crippen molar-refractivity contribution in [2.45, 2.75) is 111 Å². The fourth-order valence-corrected chi connectivity index (χ4v) is 9.31. The van der Waals surface area contributed by atoms with E-state index in [-0.39, 0.29) is 60.9 Å². The minimum Gasteiger partial charge on any atom is -0.481 e. The van der Waals surface area contributed by atoms with Crippen LogP contribution in [0.1, 0.15) is 112 Å². The van der Waals surface area contributed by atoms with Crippen LogP contribution in [0.25, 0.3) is 22.3 Å². The van der Waals surface area contributed by atoms with Crippen molar-refractivity contribution in [1.29, 1.82) is 0 Å². The number of nitrogens with zero attached hydrogens (tertiary/aromatic N) is 3. The molecule has 78 heavy (non-hydrogen) atoms. The average molecular weight is 1100 g/mol. The minimum absolute atomic E-state index is 0.0301. The Bertz CT molecular complexity index is 2510. The summed E-state index contributed by atoms with van der Waals surface area (Å²) < 4.78 is 54.1. The summed E-state index contributed by atoms with van der Waals surface area (Å²) >= 11 is 0. The number of carboxylic acid groups (broad SMARTS) is 3. The molecule has 0 radical (unpaired) electrons. The number of halogens is 1. The molecule has 0 saturated heterocycles. The molecule has 2 atom stereocenters. The van der Waals surface area contributed by atoms with Crippen LogP contribution < -0.4 is 16.6 Å². The van der Waals surface area contributed by atoms with Gasteiger partial charge >= 0.3 is 24.0 Å². The van der Waals surface area contributed by atoms with Gasteiger partial charge in [0.1, 0.15) is 12.4 Å². The van der Waals surface area contributed by atoms with Gasteiger partial charge in [-0.2, -0.15) is 0 Å². The largest absolute Gasteiger partial charge is 0.481 e. The van der Waals surface area contributed by atoms with Gasteiger partial charge in [-0.1, -0.05) is 32.9 Å². The molecule has 3 aromatic rings. The van der Waals surface area contributed by atoms with Crippen LogP contribution in [-0.2, 0) is 78.3 Å². The summed E-state index contributed by atoms with van der Waals surface area (Å²) in [6.07, 6.45) is 8.86. The van der Waals surface area contributed by atoms with Gasteiger partial charge in [0.25, 0.3) is 5.56 Å². The number of cyclic esters (lactones) is 1. The van der Waals surface area contributed by atoms with E-state index in [9.17, 15) is 33.5 Å². The Hall–Kier alpha value is -5.92. The lowest BCUT2D eigenvalue weighted by Gasteiger charge is -2.29. The lowest BCUT2D eigenvalue weighted by Crippen LogP contribution is -2.40. The van der Waals surface area contributed by atoms with Crippen molar-refractivity contribution >= 4 is 40.8 Å². The zero-order valence-electron chi connectivity index (χ0n) is 45.6. The zero-order chi connectivity index (χ0) is 57.0. The van der Waals surface area contributed by atoms with E-state index in [2.05, 4.69) is 35.0 Å². The van der Waals surface area contributed by atoms with Crippen molar-refractivity contribution in [3.8, 4) is 11.4 Å². The van der Waals surface area contributed by atoms with Gasteiger partial charge in [0.15, 0.2) is 6.10 Å². The molecule has 434 valence electrons. The number of nitrogens with one attached hydrogen (secondary N) is 1. The third-order valence-electron chi connectivity index (χ3n) is 13.4. The summed E-state index contributed by atoms with van der Waals surface area (Å²) in [6.45, 7) is 15.1. The minimum atomic E-state index is -1.48. The molecular formula is C55H80FN5O17. The summed E-state index contributed by atoms with van der Waals surface area (Å²) in [5.41, 5.74) is 9.57. The van der Waals surface area contributed by atoms with E-state index in [0.717, 1.165) is 73.4 Å². The number of allylic oxidation sites excluding steroid dienone is 2. The van der Waals surface area contributed by atoms with E-state index < -0.39 is 30.1 Å². The maximum atomic E-state index is 14.5. The summed E-state index contributed by atoms with van der Waals surface area (Å²) in [4.78, 5) is 74.2. The number of primary amides is 1. The third-order valence-corrected chi connectivity index (χ3v) is 13.4. The number of aliphatic hydroxyl groups is 1. The average Bonchev–Trinajstić information content (AvgIpc) is 3.90. The van der Waals surface area contributed by atoms with Crippen molar-refractivity contribution in [3.63, 3.8) is 0 Å². The molecule has 23 heteroatoms. The highest BCUT2D eigenvalue weighted by Gasteiger charge is 2.36. The van der Waals surface area contributed by atoms with Crippen LogP contribution in [0.4, 0.5) is 9.18 Å². The Balaban J connectivity index is 0.000000320. The normalized spacial score (nSPS) is 17.3. The fraction of sp³-hybridized carbons (Fsp3) is 0.618. The second-order valence-corrected chi connectivity index (χ2v) is 18.9. The van der Waals surface area contributed by atoms with Gasteiger partial charge < -0.3 is 69.2 Å². The highest BCUT2D eigenvalue weighted by molar-refractivity contribution is 5.92. The number of carboxylic acids is 2. The van der Waals surface area contributed by atoms with Crippen LogP contribution in [0.5, 0.6) is 0 Å². The van der Waals surface area contributed by atoms with E-state index in [0.29, 0.717) is 127 Å². The molecule has 22 nitrogen and oxygen atoms in total. The fourth-order valence-electron chi connectivity index (χ4n) is 9.31. The molecule has 2 amide bonds. The number of hydrogen-bond acceptors (Lipinski definition) is 16. The molecule has 2 aromatic heterocycles. The first-order valence-corrected chi connectivity index (χ1v) is 26.8. The maximum Gasteiger partial charge on any atom is 0.402 e. The van der Waals surface area contributed by atoms with Crippen LogP contribution >= 0.6 is 0 Å². The molecule has 7 rings (SSSR count). The monoisotopic (exact) mass is 1100 g/mol. The zero-order valence-corrected chi connectivity index (χ0v) is 45.6. The predicted molar refractivity (Wildman–Crippen MR) is 285 cm³/mol. The number of ether oxygens (including phenoxy) is 7. The Kier molecular flexibility index (Phi) is 28.3.